The van der Waals surface area contributed by atoms with Crippen LogP contribution in [0.1, 0.15) is 48.9 Å². The molecule has 0 unspecified atom stereocenters. The van der Waals surface area contributed by atoms with Crippen molar-refractivity contribution in [2.45, 2.75) is 32.6 Å². The van der Waals surface area contributed by atoms with Crippen molar-refractivity contribution in [2.24, 2.45) is 0 Å². The van der Waals surface area contributed by atoms with Gasteiger partial charge in [-0.1, -0.05) is 13.8 Å². The number of carbonyl (C=O) groups is 1. The molecule has 2 rings (SSSR count). The number of nitrogens with zero attached hydrogens (tertiary/aromatic N) is 2. The Balaban J connectivity index is 2.04. The summed E-state index contributed by atoms with van der Waals surface area (Å²) in [6, 6.07) is 3.26. The highest BCUT2D eigenvalue weighted by Crippen LogP contribution is 2.23. The van der Waals surface area contributed by atoms with Gasteiger partial charge in [0.15, 0.2) is 5.82 Å². The maximum absolute atomic E-state index is 11.9. The molecule has 2 aromatic heterocycles. The van der Waals surface area contributed by atoms with Crippen LogP contribution in [-0.2, 0) is 0 Å². The number of aromatic amines is 1. The van der Waals surface area contributed by atoms with Gasteiger partial charge in [0, 0.05) is 17.7 Å². The van der Waals surface area contributed by atoms with Gasteiger partial charge in [0.2, 0.25) is 5.76 Å². The predicted molar refractivity (Wildman–Crippen MR) is 72.9 cm³/mol. The highest BCUT2D eigenvalue weighted by Gasteiger charge is 2.16. The van der Waals surface area contributed by atoms with Gasteiger partial charge in [0.05, 0.1) is 13.2 Å². The zero-order valence-electron chi connectivity index (χ0n) is 11.8. The highest BCUT2D eigenvalue weighted by molar-refractivity contribution is 6.01. The first-order valence-electron chi connectivity index (χ1n) is 6.55. The molecule has 0 aliphatic carbocycles. The number of nitrogens with one attached hydrogen (secondary N) is 2. The van der Waals surface area contributed by atoms with Crippen LogP contribution in [0.15, 0.2) is 16.7 Å². The lowest BCUT2D eigenvalue weighted by molar-refractivity contribution is 0.0987. The summed E-state index contributed by atoms with van der Waals surface area (Å²) in [5, 5.41) is 13.2. The molecule has 0 spiro atoms. The van der Waals surface area contributed by atoms with Crippen molar-refractivity contribution in [1.82, 2.24) is 15.4 Å². The third kappa shape index (κ3) is 2.98. The van der Waals surface area contributed by atoms with E-state index in [9.17, 15) is 4.79 Å². The topological polar surface area (TPSA) is 93.0 Å². The fraction of sp³-hybridized carbons (Fsp3) is 0.462. The zero-order chi connectivity index (χ0) is 14.5. The lowest BCUT2D eigenvalue weighted by Gasteiger charge is -2.07. The molecule has 7 nitrogen and oxygen atoms in total. The first-order valence-corrected chi connectivity index (χ1v) is 6.55. The summed E-state index contributed by atoms with van der Waals surface area (Å²) in [5.41, 5.74) is 1.01. The van der Waals surface area contributed by atoms with Gasteiger partial charge in [-0.05, 0) is 18.0 Å². The van der Waals surface area contributed by atoms with E-state index in [0.29, 0.717) is 11.7 Å². The number of carbonyl (C=O) groups excluding carboxylic acids is 1. The van der Waals surface area contributed by atoms with E-state index in [-0.39, 0.29) is 11.6 Å². The van der Waals surface area contributed by atoms with Crippen LogP contribution in [0.25, 0.3) is 0 Å². The second-order valence-electron chi connectivity index (χ2n) is 4.41. The molecular weight excluding hydrogens is 260 g/mol. The largest absolute Gasteiger partial charge is 0.479 e. The quantitative estimate of drug-likeness (QED) is 0.847. The molecule has 0 saturated heterocycles. The van der Waals surface area contributed by atoms with Crippen molar-refractivity contribution in [2.75, 3.05) is 12.4 Å². The number of methoxy groups -OCH3 is 1. The van der Waals surface area contributed by atoms with Crippen molar-refractivity contribution in [3.8, 4) is 5.88 Å². The summed E-state index contributed by atoms with van der Waals surface area (Å²) < 4.78 is 9.71. The maximum atomic E-state index is 11.9. The summed E-state index contributed by atoms with van der Waals surface area (Å²) >= 11 is 0. The molecule has 20 heavy (non-hydrogen) atoms. The van der Waals surface area contributed by atoms with Gasteiger partial charge < -0.3 is 14.6 Å². The third-order valence-electron chi connectivity index (χ3n) is 3.19. The number of hydrogen-bond donors (Lipinski definition) is 2. The van der Waals surface area contributed by atoms with Crippen LogP contribution < -0.4 is 10.1 Å². The third-order valence-corrected chi connectivity index (χ3v) is 3.19. The molecule has 2 heterocycles. The van der Waals surface area contributed by atoms with E-state index >= 15 is 0 Å². The van der Waals surface area contributed by atoms with E-state index in [1.54, 1.807) is 0 Å². The first kappa shape index (κ1) is 14.1. The fourth-order valence-electron chi connectivity index (χ4n) is 1.98. The van der Waals surface area contributed by atoms with Crippen molar-refractivity contribution in [1.29, 1.82) is 0 Å². The van der Waals surface area contributed by atoms with Crippen molar-refractivity contribution < 1.29 is 14.1 Å². The molecule has 0 aromatic carbocycles. The van der Waals surface area contributed by atoms with Crippen LogP contribution >= 0.6 is 0 Å². The Hall–Kier alpha value is -2.31. The van der Waals surface area contributed by atoms with Crippen LogP contribution in [0, 0.1) is 0 Å². The first-order chi connectivity index (χ1) is 9.67. The van der Waals surface area contributed by atoms with Gasteiger partial charge in [-0.3, -0.25) is 9.89 Å². The Morgan fingerprint density at radius 3 is 2.80 bits per heavy atom. The molecule has 7 heteroatoms. The minimum Gasteiger partial charge on any atom is -0.479 e. The predicted octanol–water partition coefficient (Wildman–Crippen LogP) is 2.56. The maximum Gasteiger partial charge on any atom is 0.295 e. The van der Waals surface area contributed by atoms with Crippen LogP contribution in [0.3, 0.4) is 0 Å². The van der Waals surface area contributed by atoms with E-state index in [4.69, 9.17) is 9.26 Å². The fourth-order valence-corrected chi connectivity index (χ4v) is 1.98. The number of aromatic nitrogens is 3. The number of anilines is 1. The van der Waals surface area contributed by atoms with E-state index in [1.165, 1.54) is 13.2 Å². The molecular formula is C13H18N4O3. The van der Waals surface area contributed by atoms with Gasteiger partial charge >= 0.3 is 0 Å². The number of ether oxygens (including phenoxy) is 1. The Bertz CT molecular complexity index is 572. The average molecular weight is 278 g/mol. The second-order valence-corrected chi connectivity index (χ2v) is 4.41. The minimum atomic E-state index is -0.414. The van der Waals surface area contributed by atoms with Gasteiger partial charge in [-0.2, -0.15) is 5.10 Å². The molecule has 108 valence electrons. The Morgan fingerprint density at radius 2 is 2.20 bits per heavy atom. The molecule has 1 amide bonds. The van der Waals surface area contributed by atoms with Crippen LogP contribution in [0.5, 0.6) is 5.88 Å². The molecule has 0 aliphatic rings. The number of rotatable bonds is 6. The van der Waals surface area contributed by atoms with E-state index in [0.717, 1.165) is 18.5 Å². The van der Waals surface area contributed by atoms with Crippen molar-refractivity contribution in [3.63, 3.8) is 0 Å². The lowest BCUT2D eigenvalue weighted by Crippen LogP contribution is -2.11. The zero-order valence-corrected chi connectivity index (χ0v) is 11.8. The summed E-state index contributed by atoms with van der Waals surface area (Å²) in [7, 11) is 1.45. The number of amides is 1. The van der Waals surface area contributed by atoms with Crippen LogP contribution in [0.2, 0.25) is 0 Å². The normalized spacial score (nSPS) is 10.8. The molecule has 0 fully saturated rings. The van der Waals surface area contributed by atoms with Gasteiger partial charge in [0.25, 0.3) is 11.8 Å². The van der Waals surface area contributed by atoms with Crippen molar-refractivity contribution >= 4 is 11.7 Å². The molecule has 0 saturated carbocycles. The lowest BCUT2D eigenvalue weighted by atomic mass is 10.00. The SMILES string of the molecule is CCC(CC)c1cc(NC(=O)c2cc(OC)no2)n[nH]1. The molecule has 0 aliphatic heterocycles. The summed E-state index contributed by atoms with van der Waals surface area (Å²) in [4.78, 5) is 11.9. The Kier molecular flexibility index (Phi) is 4.39. The number of H-pyrrole nitrogens is 1. The second kappa shape index (κ2) is 6.23. The van der Waals surface area contributed by atoms with E-state index in [2.05, 4.69) is 34.5 Å². The molecule has 0 atom stereocenters. The minimum absolute atomic E-state index is 0.0777. The smallest absolute Gasteiger partial charge is 0.295 e. The van der Waals surface area contributed by atoms with Crippen LogP contribution in [0.4, 0.5) is 5.82 Å². The Morgan fingerprint density at radius 1 is 1.45 bits per heavy atom. The highest BCUT2D eigenvalue weighted by atomic mass is 16.5. The van der Waals surface area contributed by atoms with Gasteiger partial charge in [0.1, 0.15) is 0 Å². The summed E-state index contributed by atoms with van der Waals surface area (Å²) in [6.45, 7) is 4.24. The van der Waals surface area contributed by atoms with Gasteiger partial charge in [-0.15, -0.1) is 0 Å². The Labute approximate surface area is 116 Å². The van der Waals surface area contributed by atoms with Crippen LogP contribution in [-0.4, -0.2) is 28.4 Å². The van der Waals surface area contributed by atoms with Gasteiger partial charge in [-0.25, -0.2) is 0 Å². The molecule has 2 N–H and O–H groups in total. The number of hydrogen-bond acceptors (Lipinski definition) is 5. The summed E-state index contributed by atoms with van der Waals surface area (Å²) in [6.07, 6.45) is 2.04. The molecule has 2 aromatic rings. The average Bonchev–Trinajstić information content (AvgIpc) is 3.09. The standard InChI is InChI=1S/C13H18N4O3/c1-4-8(5-2)9-6-11(16-15-9)14-13(18)10-7-12(19-3)17-20-10/h6-8H,4-5H2,1-3H3,(H2,14,15,16,18). The van der Waals surface area contributed by atoms with Crippen molar-refractivity contribution in [3.05, 3.63) is 23.6 Å². The van der Waals surface area contributed by atoms with E-state index in [1.807, 2.05) is 6.07 Å². The van der Waals surface area contributed by atoms with E-state index < -0.39 is 5.91 Å². The monoisotopic (exact) mass is 278 g/mol. The molecule has 0 radical (unpaired) electrons. The molecule has 0 bridgehead atoms. The summed E-state index contributed by atoms with van der Waals surface area (Å²) in [5.74, 6) is 0.804.